The van der Waals surface area contributed by atoms with Gasteiger partial charge in [0.15, 0.2) is 5.82 Å². The smallest absolute Gasteiger partial charge is 0.257 e. The Morgan fingerprint density at radius 3 is 2.75 bits per heavy atom. The molecule has 0 aliphatic carbocycles. The van der Waals surface area contributed by atoms with Crippen molar-refractivity contribution in [1.29, 1.82) is 0 Å². The number of ether oxygens (including phenoxy) is 1. The van der Waals surface area contributed by atoms with Gasteiger partial charge in [-0.15, -0.1) is 0 Å². The van der Waals surface area contributed by atoms with Gasteiger partial charge in [0.05, 0.1) is 12.8 Å². The first-order chi connectivity index (χ1) is 13.5. The largest absolute Gasteiger partial charge is 0.495 e. The number of amides is 1. The number of rotatable bonds is 4. The molecule has 1 unspecified atom stereocenters. The van der Waals surface area contributed by atoms with Crippen molar-refractivity contribution in [2.24, 2.45) is 0 Å². The molecule has 2 aromatic carbocycles. The molecule has 0 saturated carbocycles. The van der Waals surface area contributed by atoms with Crippen LogP contribution >= 0.6 is 11.6 Å². The molecular formula is C21H20ClN3O3. The van der Waals surface area contributed by atoms with Crippen molar-refractivity contribution in [3.8, 4) is 17.2 Å². The number of hydrogen-bond acceptors (Lipinski definition) is 5. The molecule has 2 heterocycles. The number of aromatic nitrogens is 2. The number of carbonyl (C=O) groups excluding carboxylic acids is 1. The van der Waals surface area contributed by atoms with Crippen LogP contribution in [0, 0.1) is 13.8 Å². The van der Waals surface area contributed by atoms with Crippen molar-refractivity contribution in [2.75, 3.05) is 18.6 Å². The van der Waals surface area contributed by atoms with E-state index in [1.54, 1.807) is 30.2 Å². The Balaban J connectivity index is 1.59. The fraction of sp³-hybridized carbons (Fsp3) is 0.286. The van der Waals surface area contributed by atoms with Crippen LogP contribution in [0.1, 0.15) is 29.3 Å². The molecule has 1 aliphatic heterocycles. The molecule has 1 saturated heterocycles. The lowest BCUT2D eigenvalue weighted by Gasteiger charge is -2.19. The second-order valence-corrected chi connectivity index (χ2v) is 7.41. The lowest BCUT2D eigenvalue weighted by molar-refractivity contribution is -0.117. The Kier molecular flexibility index (Phi) is 4.81. The lowest BCUT2D eigenvalue weighted by atomic mass is 10.1. The molecule has 4 rings (SSSR count). The van der Waals surface area contributed by atoms with Crippen LogP contribution in [0.15, 0.2) is 40.9 Å². The van der Waals surface area contributed by atoms with E-state index in [0.717, 1.165) is 11.1 Å². The fourth-order valence-corrected chi connectivity index (χ4v) is 3.55. The minimum absolute atomic E-state index is 0.0249. The molecule has 1 atom stereocenters. The summed E-state index contributed by atoms with van der Waals surface area (Å²) in [6, 6.07) is 11.2. The van der Waals surface area contributed by atoms with Gasteiger partial charge in [-0.1, -0.05) is 22.8 Å². The number of carbonyl (C=O) groups is 1. The summed E-state index contributed by atoms with van der Waals surface area (Å²) in [7, 11) is 1.57. The molecule has 3 aromatic rings. The van der Waals surface area contributed by atoms with Crippen LogP contribution in [-0.2, 0) is 4.79 Å². The van der Waals surface area contributed by atoms with Gasteiger partial charge in [-0.05, 0) is 55.3 Å². The van der Waals surface area contributed by atoms with Crippen LogP contribution in [0.25, 0.3) is 11.5 Å². The average Bonchev–Trinajstić information content (AvgIpc) is 3.31. The summed E-state index contributed by atoms with van der Waals surface area (Å²) in [5.41, 5.74) is 3.89. The maximum atomic E-state index is 12.6. The molecule has 1 amide bonds. The summed E-state index contributed by atoms with van der Waals surface area (Å²) >= 11 is 6.12. The van der Waals surface area contributed by atoms with E-state index in [-0.39, 0.29) is 11.8 Å². The minimum atomic E-state index is -0.153. The average molecular weight is 398 g/mol. The summed E-state index contributed by atoms with van der Waals surface area (Å²) in [5.74, 6) is 1.42. The van der Waals surface area contributed by atoms with Gasteiger partial charge in [0.2, 0.25) is 5.91 Å². The third kappa shape index (κ3) is 3.36. The van der Waals surface area contributed by atoms with E-state index in [4.69, 9.17) is 20.9 Å². The van der Waals surface area contributed by atoms with Crippen molar-refractivity contribution in [3.05, 3.63) is 58.4 Å². The zero-order chi connectivity index (χ0) is 19.8. The van der Waals surface area contributed by atoms with E-state index in [0.29, 0.717) is 41.1 Å². The highest BCUT2D eigenvalue weighted by molar-refractivity contribution is 6.31. The van der Waals surface area contributed by atoms with Crippen molar-refractivity contribution >= 4 is 23.2 Å². The van der Waals surface area contributed by atoms with E-state index in [2.05, 4.69) is 17.1 Å². The molecule has 7 heteroatoms. The van der Waals surface area contributed by atoms with Gasteiger partial charge in [0, 0.05) is 29.5 Å². The van der Waals surface area contributed by atoms with E-state index in [1.165, 1.54) is 5.56 Å². The maximum absolute atomic E-state index is 12.6. The zero-order valence-corrected chi connectivity index (χ0v) is 16.7. The highest BCUT2D eigenvalue weighted by atomic mass is 35.5. The summed E-state index contributed by atoms with van der Waals surface area (Å²) in [4.78, 5) is 18.8. The molecule has 28 heavy (non-hydrogen) atoms. The summed E-state index contributed by atoms with van der Waals surface area (Å²) < 4.78 is 10.8. The van der Waals surface area contributed by atoms with E-state index < -0.39 is 0 Å². The number of benzene rings is 2. The van der Waals surface area contributed by atoms with Crippen LogP contribution in [-0.4, -0.2) is 29.7 Å². The molecule has 1 fully saturated rings. The summed E-state index contributed by atoms with van der Waals surface area (Å²) in [6.07, 6.45) is 0.307. The predicted molar refractivity (Wildman–Crippen MR) is 107 cm³/mol. The number of hydrogen-bond donors (Lipinski definition) is 0. The molecule has 1 aromatic heterocycles. The highest BCUT2D eigenvalue weighted by Crippen LogP contribution is 2.37. The molecule has 0 bridgehead atoms. The number of halogens is 1. The summed E-state index contributed by atoms with van der Waals surface area (Å²) in [5, 5.41) is 4.67. The van der Waals surface area contributed by atoms with Gasteiger partial charge in [-0.3, -0.25) is 4.79 Å². The first-order valence-corrected chi connectivity index (χ1v) is 9.39. The molecule has 0 radical (unpaired) electrons. The van der Waals surface area contributed by atoms with Crippen LogP contribution < -0.4 is 9.64 Å². The first-order valence-electron chi connectivity index (χ1n) is 9.01. The number of nitrogens with zero attached hydrogens (tertiary/aromatic N) is 3. The highest BCUT2D eigenvalue weighted by Gasteiger charge is 2.36. The first kappa shape index (κ1) is 18.5. The Morgan fingerprint density at radius 2 is 2.00 bits per heavy atom. The monoisotopic (exact) mass is 397 g/mol. The second kappa shape index (κ2) is 7.28. The number of methoxy groups -OCH3 is 1. The van der Waals surface area contributed by atoms with Crippen LogP contribution in [0.5, 0.6) is 5.75 Å². The number of anilines is 1. The molecule has 144 valence electrons. The molecule has 0 N–H and O–H groups in total. The Hall–Kier alpha value is -2.86. The van der Waals surface area contributed by atoms with Crippen molar-refractivity contribution in [1.82, 2.24) is 10.1 Å². The molecule has 6 nitrogen and oxygen atoms in total. The van der Waals surface area contributed by atoms with E-state index in [9.17, 15) is 4.79 Å². The normalized spacial score (nSPS) is 16.6. The predicted octanol–water partition coefficient (Wildman–Crippen LogP) is 4.54. The second-order valence-electron chi connectivity index (χ2n) is 6.98. The van der Waals surface area contributed by atoms with E-state index >= 15 is 0 Å². The van der Waals surface area contributed by atoms with Crippen molar-refractivity contribution in [2.45, 2.75) is 26.2 Å². The van der Waals surface area contributed by atoms with Crippen LogP contribution in [0.2, 0.25) is 5.02 Å². The third-order valence-electron chi connectivity index (χ3n) is 5.12. The van der Waals surface area contributed by atoms with Gasteiger partial charge in [-0.2, -0.15) is 4.98 Å². The van der Waals surface area contributed by atoms with E-state index in [1.807, 2.05) is 25.1 Å². The van der Waals surface area contributed by atoms with Crippen molar-refractivity contribution < 1.29 is 14.1 Å². The van der Waals surface area contributed by atoms with Crippen LogP contribution in [0.4, 0.5) is 5.69 Å². The Bertz CT molecular complexity index is 1050. The lowest BCUT2D eigenvalue weighted by Crippen LogP contribution is -2.24. The van der Waals surface area contributed by atoms with Gasteiger partial charge in [0.1, 0.15) is 5.75 Å². The van der Waals surface area contributed by atoms with Crippen molar-refractivity contribution in [3.63, 3.8) is 0 Å². The summed E-state index contributed by atoms with van der Waals surface area (Å²) in [6.45, 7) is 4.55. The zero-order valence-electron chi connectivity index (χ0n) is 15.9. The molecule has 0 spiro atoms. The Morgan fingerprint density at radius 1 is 1.18 bits per heavy atom. The standard InChI is InChI=1S/C21H20ClN3O3/c1-12-4-5-14(8-13(12)2)21-23-20(24-28-21)15-9-19(26)25(11-15)17-10-16(22)6-7-18(17)27-3/h4-8,10,15H,9,11H2,1-3H3. The number of aryl methyl sites for hydroxylation is 2. The van der Waals surface area contributed by atoms with Crippen LogP contribution in [0.3, 0.4) is 0 Å². The molecule has 1 aliphatic rings. The Labute approximate surface area is 168 Å². The minimum Gasteiger partial charge on any atom is -0.495 e. The third-order valence-corrected chi connectivity index (χ3v) is 5.35. The van der Waals surface area contributed by atoms with Gasteiger partial charge >= 0.3 is 0 Å². The maximum Gasteiger partial charge on any atom is 0.257 e. The van der Waals surface area contributed by atoms with Gasteiger partial charge in [-0.25, -0.2) is 0 Å². The molecular weight excluding hydrogens is 378 g/mol. The van der Waals surface area contributed by atoms with Gasteiger partial charge < -0.3 is 14.2 Å². The quantitative estimate of drug-likeness (QED) is 0.646. The fourth-order valence-electron chi connectivity index (χ4n) is 3.38. The topological polar surface area (TPSA) is 68.5 Å². The van der Waals surface area contributed by atoms with Gasteiger partial charge in [0.25, 0.3) is 5.89 Å². The SMILES string of the molecule is COc1ccc(Cl)cc1N1CC(c2noc(-c3ccc(C)c(C)c3)n2)CC1=O.